The summed E-state index contributed by atoms with van der Waals surface area (Å²) in [5.41, 5.74) is 14.6. The number of benzene rings is 10. The first kappa shape index (κ1) is 35.8. The van der Waals surface area contributed by atoms with Crippen LogP contribution in [-0.2, 0) is 0 Å². The van der Waals surface area contributed by atoms with Crippen LogP contribution in [0.4, 0.5) is 0 Å². The first-order valence-electron chi connectivity index (χ1n) is 21.8. The molecule has 0 aliphatic rings. The van der Waals surface area contributed by atoms with Gasteiger partial charge >= 0.3 is 0 Å². The highest BCUT2D eigenvalue weighted by Gasteiger charge is 2.19. The first-order chi connectivity index (χ1) is 31.7. The van der Waals surface area contributed by atoms with Crippen molar-refractivity contribution in [2.75, 3.05) is 0 Å². The van der Waals surface area contributed by atoms with Crippen molar-refractivity contribution in [1.82, 2.24) is 9.13 Å². The van der Waals surface area contributed by atoms with E-state index in [-0.39, 0.29) is 0 Å². The highest BCUT2D eigenvalue weighted by Crippen LogP contribution is 2.45. The summed E-state index contributed by atoms with van der Waals surface area (Å²) >= 11 is 3.78. The molecule has 0 saturated carbocycles. The van der Waals surface area contributed by atoms with Crippen molar-refractivity contribution < 1.29 is 0 Å². The maximum atomic E-state index is 2.46. The van der Waals surface area contributed by atoms with E-state index in [0.717, 1.165) is 5.69 Å². The first-order valence-corrected chi connectivity index (χ1v) is 23.5. The van der Waals surface area contributed by atoms with Crippen molar-refractivity contribution in [2.45, 2.75) is 0 Å². The van der Waals surface area contributed by atoms with Crippen LogP contribution in [0.5, 0.6) is 0 Å². The molecule has 0 amide bonds. The Balaban J connectivity index is 0.940. The van der Waals surface area contributed by atoms with E-state index in [9.17, 15) is 0 Å². The highest BCUT2D eigenvalue weighted by molar-refractivity contribution is 7.26. The SMILES string of the molecule is c1ccc(-n2c3ccccc3c3cc(-c4ccc(-n5c6ccc(-c7cccc8c7sc7ccccc78)cc6c6cc(-c7cccc8c7sc7ccccc78)ccc65)cc4)ccc32)cc1. The van der Waals surface area contributed by atoms with E-state index < -0.39 is 0 Å². The van der Waals surface area contributed by atoms with E-state index in [1.54, 1.807) is 0 Å². The number of aromatic nitrogens is 2. The van der Waals surface area contributed by atoms with Crippen LogP contribution in [0.1, 0.15) is 0 Å². The molecule has 64 heavy (non-hydrogen) atoms. The maximum Gasteiger partial charge on any atom is 0.0541 e. The van der Waals surface area contributed by atoms with Gasteiger partial charge in [0, 0.05) is 73.3 Å². The smallest absolute Gasteiger partial charge is 0.0541 e. The molecule has 2 nitrogen and oxygen atoms in total. The lowest BCUT2D eigenvalue weighted by molar-refractivity contribution is 1.18. The quantitative estimate of drug-likeness (QED) is 0.163. The van der Waals surface area contributed by atoms with Gasteiger partial charge in [0.05, 0.1) is 22.1 Å². The minimum atomic E-state index is 1.14. The van der Waals surface area contributed by atoms with Gasteiger partial charge < -0.3 is 9.13 Å². The van der Waals surface area contributed by atoms with Gasteiger partial charge in [0.15, 0.2) is 0 Å². The molecule has 4 aromatic heterocycles. The van der Waals surface area contributed by atoms with Crippen molar-refractivity contribution in [2.24, 2.45) is 0 Å². The highest BCUT2D eigenvalue weighted by atomic mass is 32.1. The molecule has 0 saturated heterocycles. The zero-order valence-corrected chi connectivity index (χ0v) is 36.1. The zero-order valence-electron chi connectivity index (χ0n) is 34.5. The van der Waals surface area contributed by atoms with Gasteiger partial charge in [-0.2, -0.15) is 0 Å². The van der Waals surface area contributed by atoms with Crippen molar-refractivity contribution in [3.05, 3.63) is 218 Å². The second-order valence-corrected chi connectivity index (χ2v) is 18.9. The molecule has 0 spiro atoms. The fourth-order valence-corrected chi connectivity index (χ4v) is 12.9. The molecule has 14 aromatic rings. The lowest BCUT2D eigenvalue weighted by Crippen LogP contribution is -1.94. The van der Waals surface area contributed by atoms with E-state index in [2.05, 4.69) is 228 Å². The van der Waals surface area contributed by atoms with Gasteiger partial charge in [-0.1, -0.05) is 140 Å². The van der Waals surface area contributed by atoms with Crippen LogP contribution in [0.3, 0.4) is 0 Å². The summed E-state index contributed by atoms with van der Waals surface area (Å²) < 4.78 is 10.2. The van der Waals surface area contributed by atoms with Crippen LogP contribution in [0.2, 0.25) is 0 Å². The van der Waals surface area contributed by atoms with E-state index in [0.29, 0.717) is 0 Å². The van der Waals surface area contributed by atoms with Gasteiger partial charge in [0.2, 0.25) is 0 Å². The second kappa shape index (κ2) is 13.9. The second-order valence-electron chi connectivity index (χ2n) is 16.8. The van der Waals surface area contributed by atoms with Gasteiger partial charge in [-0.15, -0.1) is 22.7 Å². The molecule has 0 N–H and O–H groups in total. The lowest BCUT2D eigenvalue weighted by atomic mass is 9.98. The molecular weight excluding hydrogens is 813 g/mol. The summed E-state index contributed by atoms with van der Waals surface area (Å²) in [4.78, 5) is 0. The monoisotopic (exact) mass is 848 g/mol. The third-order valence-electron chi connectivity index (χ3n) is 13.3. The van der Waals surface area contributed by atoms with Crippen LogP contribution >= 0.6 is 22.7 Å². The summed E-state index contributed by atoms with van der Waals surface area (Å²) in [6, 6.07) is 80.9. The lowest BCUT2D eigenvalue weighted by Gasteiger charge is -2.11. The molecule has 10 aromatic carbocycles. The van der Waals surface area contributed by atoms with Crippen LogP contribution < -0.4 is 0 Å². The number of rotatable bonds is 5. The van der Waals surface area contributed by atoms with Gasteiger partial charge in [-0.3, -0.25) is 0 Å². The van der Waals surface area contributed by atoms with Gasteiger partial charge in [-0.05, 0) is 112 Å². The molecule has 0 atom stereocenters. The molecule has 0 fully saturated rings. The minimum Gasteiger partial charge on any atom is -0.309 e. The van der Waals surface area contributed by atoms with Gasteiger partial charge in [0.1, 0.15) is 0 Å². The van der Waals surface area contributed by atoms with Crippen LogP contribution in [0.25, 0.3) is 129 Å². The topological polar surface area (TPSA) is 9.86 Å². The largest absolute Gasteiger partial charge is 0.309 e. The predicted molar refractivity (Wildman–Crippen MR) is 277 cm³/mol. The number of fused-ring (bicyclic) bond motifs is 12. The summed E-state index contributed by atoms with van der Waals surface area (Å²) in [7, 11) is 0. The van der Waals surface area contributed by atoms with Crippen LogP contribution in [0, 0.1) is 0 Å². The Kier molecular flexibility index (Phi) is 7.76. The molecule has 0 bridgehead atoms. The maximum absolute atomic E-state index is 2.46. The van der Waals surface area contributed by atoms with Crippen molar-refractivity contribution in [3.63, 3.8) is 0 Å². The molecule has 0 radical (unpaired) electrons. The Labute approximate surface area is 376 Å². The molecule has 14 rings (SSSR count). The fourth-order valence-electron chi connectivity index (χ4n) is 10.4. The Morgan fingerprint density at radius 3 is 1.23 bits per heavy atom. The van der Waals surface area contributed by atoms with Crippen molar-refractivity contribution in [3.8, 4) is 44.8 Å². The zero-order chi connectivity index (χ0) is 41.9. The third-order valence-corrected chi connectivity index (χ3v) is 15.8. The third kappa shape index (κ3) is 5.30. The van der Waals surface area contributed by atoms with E-state index >= 15 is 0 Å². The standard InChI is InChI=1S/C60H36N2S2/c1-2-12-41(13-3-1)61-53-21-7-4-14-45(53)50-34-38(26-31-54(50)61)37-24-29-42(30-25-37)62-55-32-27-39(43-17-10-19-48-46-15-5-8-22-57(46)63-59(43)48)35-51(55)52-36-40(28-33-56(52)62)44-18-11-20-49-47-16-6-9-23-58(47)64-60(44)49/h1-36H. The summed E-state index contributed by atoms with van der Waals surface area (Å²) in [5.74, 6) is 0. The van der Waals surface area contributed by atoms with Crippen molar-refractivity contribution in [1.29, 1.82) is 0 Å². The van der Waals surface area contributed by atoms with E-state index in [1.165, 1.54) is 123 Å². The number of para-hydroxylation sites is 2. The summed E-state index contributed by atoms with van der Waals surface area (Å²) in [6.45, 7) is 0. The Morgan fingerprint density at radius 1 is 0.250 bits per heavy atom. The molecule has 4 heterocycles. The Morgan fingerprint density at radius 2 is 0.656 bits per heavy atom. The van der Waals surface area contributed by atoms with Crippen LogP contribution in [0.15, 0.2) is 218 Å². The summed E-state index contributed by atoms with van der Waals surface area (Å²) in [6.07, 6.45) is 0. The number of hydrogen-bond donors (Lipinski definition) is 0. The Bertz CT molecular complexity index is 4010. The number of nitrogens with zero attached hydrogens (tertiary/aromatic N) is 2. The molecule has 4 heteroatoms. The fraction of sp³-hybridized carbons (Fsp3) is 0. The molecular formula is C60H36N2S2. The minimum absolute atomic E-state index is 1.14. The average Bonchev–Trinajstić information content (AvgIpc) is 4.11. The van der Waals surface area contributed by atoms with Gasteiger partial charge in [-0.25, -0.2) is 0 Å². The van der Waals surface area contributed by atoms with Crippen molar-refractivity contribution >= 4 is 107 Å². The van der Waals surface area contributed by atoms with E-state index in [4.69, 9.17) is 0 Å². The summed E-state index contributed by atoms with van der Waals surface area (Å²) in [5, 5.41) is 10.3. The Hall–Kier alpha value is -7.76. The average molecular weight is 849 g/mol. The van der Waals surface area contributed by atoms with Crippen LogP contribution in [-0.4, -0.2) is 9.13 Å². The van der Waals surface area contributed by atoms with E-state index in [1.807, 2.05) is 22.7 Å². The molecule has 0 aliphatic heterocycles. The molecule has 0 unspecified atom stereocenters. The molecule has 298 valence electrons. The molecule has 0 aliphatic carbocycles. The normalized spacial score (nSPS) is 12.1. The van der Waals surface area contributed by atoms with Gasteiger partial charge in [0.25, 0.3) is 0 Å². The number of hydrogen-bond acceptors (Lipinski definition) is 2. The number of thiophene rings is 2. The predicted octanol–water partition coefficient (Wildman–Crippen LogP) is 17.6.